The molecule has 1 aromatic rings. The Balaban J connectivity index is 2.50. The van der Waals surface area contributed by atoms with Crippen molar-refractivity contribution < 1.29 is 13.5 Å². The number of hydrogen-bond acceptors (Lipinski definition) is 2. The van der Waals surface area contributed by atoms with Crippen LogP contribution in [0.15, 0.2) is 24.3 Å². The van der Waals surface area contributed by atoms with Crippen LogP contribution in [0.3, 0.4) is 0 Å². The monoisotopic (exact) mass is 195 g/mol. The average molecular weight is 195 g/mol. The summed E-state index contributed by atoms with van der Waals surface area (Å²) in [6, 6.07) is 7.77. The molecule has 1 aliphatic rings. The van der Waals surface area contributed by atoms with E-state index in [4.69, 9.17) is 5.26 Å². The van der Waals surface area contributed by atoms with E-state index in [-0.39, 0.29) is 11.3 Å². The van der Waals surface area contributed by atoms with Crippen LogP contribution in [0.4, 0.5) is 8.78 Å². The molecule has 0 fully saturated rings. The van der Waals surface area contributed by atoms with E-state index in [9.17, 15) is 8.78 Å². The van der Waals surface area contributed by atoms with E-state index in [0.29, 0.717) is 0 Å². The van der Waals surface area contributed by atoms with Gasteiger partial charge in [-0.15, -0.1) is 0 Å². The number of fused-ring (bicyclic) bond motifs is 1. The van der Waals surface area contributed by atoms with Gasteiger partial charge in [0, 0.05) is 5.56 Å². The maximum Gasteiger partial charge on any atom is 0.277 e. The van der Waals surface area contributed by atoms with Crippen LogP contribution in [0.1, 0.15) is 12.0 Å². The van der Waals surface area contributed by atoms with Gasteiger partial charge in [0.05, 0.1) is 12.5 Å². The van der Waals surface area contributed by atoms with E-state index < -0.39 is 18.4 Å². The fraction of sp³-hybridized carbons (Fsp3) is 0.300. The number of hydrogen-bond donors (Lipinski definition) is 0. The second-order valence-corrected chi connectivity index (χ2v) is 3.13. The van der Waals surface area contributed by atoms with E-state index in [0.717, 1.165) is 0 Å². The largest absolute Gasteiger partial charge is 0.456 e. The highest BCUT2D eigenvalue weighted by molar-refractivity contribution is 5.43. The minimum atomic E-state index is -2.31. The highest BCUT2D eigenvalue weighted by Gasteiger charge is 2.50. The van der Waals surface area contributed by atoms with E-state index in [1.54, 1.807) is 18.2 Å². The summed E-state index contributed by atoms with van der Waals surface area (Å²) in [6.45, 7) is 0. The highest BCUT2D eigenvalue weighted by Crippen LogP contribution is 2.46. The summed E-state index contributed by atoms with van der Waals surface area (Å²) in [4.78, 5) is 0. The second-order valence-electron chi connectivity index (χ2n) is 3.13. The molecule has 72 valence electrons. The summed E-state index contributed by atoms with van der Waals surface area (Å²) >= 11 is 0. The van der Waals surface area contributed by atoms with Crippen molar-refractivity contribution in [1.29, 1.82) is 5.26 Å². The summed E-state index contributed by atoms with van der Waals surface area (Å²) in [5, 5.41) is 8.42. The third-order valence-corrected chi connectivity index (χ3v) is 2.26. The van der Waals surface area contributed by atoms with Gasteiger partial charge in [-0.2, -0.15) is 9.65 Å². The van der Waals surface area contributed by atoms with Crippen molar-refractivity contribution in [2.24, 2.45) is 0 Å². The van der Waals surface area contributed by atoms with Crippen molar-refractivity contribution >= 4 is 0 Å². The van der Waals surface area contributed by atoms with Gasteiger partial charge in [0.15, 0.2) is 0 Å². The first-order chi connectivity index (χ1) is 6.68. The molecule has 0 N–H and O–H groups in total. The van der Waals surface area contributed by atoms with Crippen molar-refractivity contribution in [2.45, 2.75) is 18.4 Å². The van der Waals surface area contributed by atoms with Crippen LogP contribution < -0.4 is 4.74 Å². The number of para-hydroxylation sites is 1. The number of halogens is 2. The fourth-order valence-electron chi connectivity index (χ4n) is 1.53. The van der Waals surface area contributed by atoms with Gasteiger partial charge in [0.1, 0.15) is 5.75 Å². The van der Waals surface area contributed by atoms with Crippen LogP contribution in [-0.2, 0) is 5.67 Å². The van der Waals surface area contributed by atoms with E-state index in [1.165, 1.54) is 12.1 Å². The van der Waals surface area contributed by atoms with Gasteiger partial charge >= 0.3 is 0 Å². The lowest BCUT2D eigenvalue weighted by molar-refractivity contribution is -0.0476. The first-order valence-corrected chi connectivity index (χ1v) is 4.14. The van der Waals surface area contributed by atoms with Crippen molar-refractivity contribution in [1.82, 2.24) is 0 Å². The zero-order valence-corrected chi connectivity index (χ0v) is 7.21. The number of ether oxygens (including phenoxy) is 1. The van der Waals surface area contributed by atoms with E-state index in [2.05, 4.69) is 4.74 Å². The summed E-state index contributed by atoms with van der Waals surface area (Å²) in [7, 11) is 0. The smallest absolute Gasteiger partial charge is 0.277 e. The summed E-state index contributed by atoms with van der Waals surface area (Å²) in [6.07, 6.45) is -2.62. The molecular formula is C10H7F2NO. The first kappa shape index (κ1) is 8.95. The molecule has 0 bridgehead atoms. The van der Waals surface area contributed by atoms with Crippen molar-refractivity contribution in [2.75, 3.05) is 0 Å². The molecule has 2 atom stereocenters. The lowest BCUT2D eigenvalue weighted by Gasteiger charge is -2.16. The third kappa shape index (κ3) is 1.06. The van der Waals surface area contributed by atoms with Gasteiger partial charge in [-0.05, 0) is 6.07 Å². The SMILES string of the molecule is N#CCC1(F)c2ccccc2OC1F. The second kappa shape index (κ2) is 2.95. The lowest BCUT2D eigenvalue weighted by atomic mass is 9.94. The maximum atomic E-state index is 14.0. The van der Waals surface area contributed by atoms with Gasteiger partial charge in [0.25, 0.3) is 6.36 Å². The van der Waals surface area contributed by atoms with Crippen molar-refractivity contribution in [3.63, 3.8) is 0 Å². The maximum absolute atomic E-state index is 14.0. The predicted molar refractivity (Wildman–Crippen MR) is 45.0 cm³/mol. The molecule has 0 aromatic heterocycles. The van der Waals surface area contributed by atoms with Crippen LogP contribution in [0, 0.1) is 11.3 Å². The lowest BCUT2D eigenvalue weighted by Crippen LogP contribution is -2.29. The third-order valence-electron chi connectivity index (χ3n) is 2.26. The molecule has 2 nitrogen and oxygen atoms in total. The number of benzene rings is 1. The van der Waals surface area contributed by atoms with Crippen LogP contribution in [0.2, 0.25) is 0 Å². The highest BCUT2D eigenvalue weighted by atomic mass is 19.2. The normalized spacial score (nSPS) is 29.1. The zero-order chi connectivity index (χ0) is 10.2. The standard InChI is InChI=1S/C10H7F2NO/c11-9-10(12,5-6-13)7-3-1-2-4-8(7)14-9/h1-4,9H,5H2. The van der Waals surface area contributed by atoms with E-state index in [1.807, 2.05) is 0 Å². The molecule has 0 aliphatic carbocycles. The molecule has 2 rings (SSSR count). The number of alkyl halides is 2. The minimum absolute atomic E-state index is 0.119. The molecule has 14 heavy (non-hydrogen) atoms. The molecular weight excluding hydrogens is 188 g/mol. The predicted octanol–water partition coefficient (Wildman–Crippen LogP) is 2.45. The van der Waals surface area contributed by atoms with Gasteiger partial charge in [-0.3, -0.25) is 0 Å². The van der Waals surface area contributed by atoms with Gasteiger partial charge in [-0.1, -0.05) is 18.2 Å². The number of nitriles is 1. The van der Waals surface area contributed by atoms with Crippen molar-refractivity contribution in [3.05, 3.63) is 29.8 Å². The van der Waals surface area contributed by atoms with Crippen LogP contribution in [0.25, 0.3) is 0 Å². The number of nitrogens with zero attached hydrogens (tertiary/aromatic N) is 1. The molecule has 4 heteroatoms. The summed E-state index contributed by atoms with van der Waals surface area (Å²) in [5.41, 5.74) is -2.19. The van der Waals surface area contributed by atoms with Crippen molar-refractivity contribution in [3.8, 4) is 11.8 Å². The Morgan fingerprint density at radius 2 is 2.21 bits per heavy atom. The minimum Gasteiger partial charge on any atom is -0.456 e. The molecule has 0 amide bonds. The van der Waals surface area contributed by atoms with Gasteiger partial charge < -0.3 is 4.74 Å². The molecule has 0 saturated heterocycles. The van der Waals surface area contributed by atoms with Crippen LogP contribution in [0.5, 0.6) is 5.75 Å². The topological polar surface area (TPSA) is 33.0 Å². The Kier molecular flexibility index (Phi) is 1.88. The summed E-state index contributed by atoms with van der Waals surface area (Å²) in [5.74, 6) is 0.178. The Morgan fingerprint density at radius 3 is 2.93 bits per heavy atom. The van der Waals surface area contributed by atoms with Gasteiger partial charge in [-0.25, -0.2) is 4.39 Å². The first-order valence-electron chi connectivity index (χ1n) is 4.14. The molecule has 2 unspecified atom stereocenters. The van der Waals surface area contributed by atoms with E-state index >= 15 is 0 Å². The molecule has 1 heterocycles. The van der Waals surface area contributed by atoms with Crippen LogP contribution in [-0.4, -0.2) is 6.36 Å². The molecule has 0 saturated carbocycles. The molecule has 0 spiro atoms. The molecule has 0 radical (unpaired) electrons. The van der Waals surface area contributed by atoms with Gasteiger partial charge in [0.2, 0.25) is 5.67 Å². The Morgan fingerprint density at radius 1 is 1.50 bits per heavy atom. The summed E-state index contributed by atoms with van der Waals surface area (Å²) < 4.78 is 31.9. The molecule has 1 aromatic carbocycles. The quantitative estimate of drug-likeness (QED) is 0.689. The number of rotatable bonds is 1. The zero-order valence-electron chi connectivity index (χ0n) is 7.21. The molecule has 1 aliphatic heterocycles. The van der Waals surface area contributed by atoms with Crippen LogP contribution >= 0.6 is 0 Å². The fourth-order valence-corrected chi connectivity index (χ4v) is 1.53. The Labute approximate surface area is 79.7 Å². The Bertz CT molecular complexity index is 401. The Hall–Kier alpha value is -1.63. The average Bonchev–Trinajstić information content (AvgIpc) is 2.41.